The lowest BCUT2D eigenvalue weighted by molar-refractivity contribution is -0.119. The number of anilines is 1. The molecule has 0 fully saturated rings. The molecular weight excluding hydrogens is 430 g/mol. The summed E-state index contributed by atoms with van der Waals surface area (Å²) < 4.78 is 11.0. The first-order valence-electron chi connectivity index (χ1n) is 11.3. The summed E-state index contributed by atoms with van der Waals surface area (Å²) >= 11 is 0. The summed E-state index contributed by atoms with van der Waals surface area (Å²) in [5.74, 6) is 1.12. The molecule has 0 spiro atoms. The van der Waals surface area contributed by atoms with Gasteiger partial charge in [-0.15, -0.1) is 0 Å². The summed E-state index contributed by atoms with van der Waals surface area (Å²) in [4.78, 5) is 29.9. The predicted octanol–water partition coefficient (Wildman–Crippen LogP) is 3.91. The normalized spacial score (nSPS) is 16.3. The standard InChI is InChI=1S/C27H27N3O4/c1-33-23-14-19-12-13-29-26(21(19)15-24(23)34-2)20-10-6-7-11-22(20)30(27(29)32)17-25(31)28-16-18-8-4-3-5-9-18/h3-11,14-15,26H,12-13,16-17H2,1-2H3,(H,28,31). The molecule has 0 saturated heterocycles. The molecule has 3 aromatic carbocycles. The number of hydrogen-bond acceptors (Lipinski definition) is 4. The molecule has 2 aliphatic rings. The third kappa shape index (κ3) is 3.83. The highest BCUT2D eigenvalue weighted by Crippen LogP contribution is 2.46. The van der Waals surface area contributed by atoms with Crippen molar-refractivity contribution in [1.29, 1.82) is 0 Å². The van der Waals surface area contributed by atoms with E-state index in [9.17, 15) is 9.59 Å². The van der Waals surface area contributed by atoms with Gasteiger partial charge in [0, 0.05) is 18.7 Å². The molecule has 3 aromatic rings. The first kappa shape index (κ1) is 21.8. The zero-order chi connectivity index (χ0) is 23.7. The quantitative estimate of drug-likeness (QED) is 0.609. The van der Waals surface area contributed by atoms with Crippen LogP contribution >= 0.6 is 0 Å². The van der Waals surface area contributed by atoms with Crippen molar-refractivity contribution in [1.82, 2.24) is 10.2 Å². The van der Waals surface area contributed by atoms with Crippen molar-refractivity contribution in [3.05, 3.63) is 89.0 Å². The fourth-order valence-electron chi connectivity index (χ4n) is 4.86. The molecule has 2 heterocycles. The van der Waals surface area contributed by atoms with Crippen LogP contribution in [0.5, 0.6) is 11.5 Å². The zero-order valence-corrected chi connectivity index (χ0v) is 19.3. The number of fused-ring (bicyclic) bond motifs is 5. The Morgan fingerprint density at radius 2 is 1.68 bits per heavy atom. The van der Waals surface area contributed by atoms with E-state index in [4.69, 9.17) is 9.47 Å². The van der Waals surface area contributed by atoms with Crippen LogP contribution in [0.25, 0.3) is 0 Å². The Morgan fingerprint density at radius 1 is 0.971 bits per heavy atom. The van der Waals surface area contributed by atoms with Gasteiger partial charge in [0.1, 0.15) is 6.54 Å². The number of urea groups is 1. The van der Waals surface area contributed by atoms with E-state index in [1.807, 2.05) is 71.6 Å². The summed E-state index contributed by atoms with van der Waals surface area (Å²) in [6.45, 7) is 0.942. The zero-order valence-electron chi connectivity index (χ0n) is 19.3. The summed E-state index contributed by atoms with van der Waals surface area (Å²) in [5, 5.41) is 2.93. The van der Waals surface area contributed by atoms with E-state index >= 15 is 0 Å². The second kappa shape index (κ2) is 9.09. The molecule has 1 N–H and O–H groups in total. The number of rotatable bonds is 6. The van der Waals surface area contributed by atoms with Crippen molar-refractivity contribution >= 4 is 17.6 Å². The molecule has 1 atom stereocenters. The number of nitrogens with one attached hydrogen (secondary N) is 1. The lowest BCUT2D eigenvalue weighted by atomic mass is 9.85. The largest absolute Gasteiger partial charge is 0.493 e. The van der Waals surface area contributed by atoms with Crippen LogP contribution in [0.4, 0.5) is 10.5 Å². The van der Waals surface area contributed by atoms with Gasteiger partial charge in [0.15, 0.2) is 11.5 Å². The van der Waals surface area contributed by atoms with Gasteiger partial charge in [0.2, 0.25) is 5.91 Å². The molecule has 3 amide bonds. The maximum Gasteiger partial charge on any atom is 0.325 e. The van der Waals surface area contributed by atoms with Crippen LogP contribution < -0.4 is 19.7 Å². The molecule has 7 heteroatoms. The van der Waals surface area contributed by atoms with E-state index in [2.05, 4.69) is 5.32 Å². The van der Waals surface area contributed by atoms with E-state index in [0.717, 1.165) is 27.9 Å². The fourth-order valence-corrected chi connectivity index (χ4v) is 4.86. The molecule has 0 aliphatic carbocycles. The van der Waals surface area contributed by atoms with Gasteiger partial charge < -0.3 is 19.7 Å². The molecule has 0 aromatic heterocycles. The number of ether oxygens (including phenoxy) is 2. The van der Waals surface area contributed by atoms with E-state index in [1.54, 1.807) is 19.1 Å². The maximum absolute atomic E-state index is 13.6. The summed E-state index contributed by atoms with van der Waals surface area (Å²) in [6.07, 6.45) is 0.703. The van der Waals surface area contributed by atoms with Crippen molar-refractivity contribution < 1.29 is 19.1 Å². The average Bonchev–Trinajstić information content (AvgIpc) is 2.89. The SMILES string of the molecule is COc1cc2c(cc1OC)C1c3ccccc3N(CC(=O)NCc3ccccc3)C(=O)N1CC2. The van der Waals surface area contributed by atoms with E-state index in [1.165, 1.54) is 0 Å². The van der Waals surface area contributed by atoms with Crippen molar-refractivity contribution in [2.75, 3.05) is 32.2 Å². The van der Waals surface area contributed by atoms with Crippen LogP contribution in [0.1, 0.15) is 28.3 Å². The Kier molecular flexibility index (Phi) is 5.84. The topological polar surface area (TPSA) is 71.1 Å². The van der Waals surface area contributed by atoms with Crippen molar-refractivity contribution in [3.63, 3.8) is 0 Å². The highest BCUT2D eigenvalue weighted by molar-refractivity contribution is 6.01. The molecule has 174 valence electrons. The highest BCUT2D eigenvalue weighted by atomic mass is 16.5. The first-order valence-corrected chi connectivity index (χ1v) is 11.3. The smallest absolute Gasteiger partial charge is 0.325 e. The van der Waals surface area contributed by atoms with E-state index < -0.39 is 0 Å². The Balaban J connectivity index is 1.46. The molecular formula is C27H27N3O4. The van der Waals surface area contributed by atoms with Gasteiger partial charge in [-0.2, -0.15) is 0 Å². The van der Waals surface area contributed by atoms with Crippen molar-refractivity contribution in [2.24, 2.45) is 0 Å². The van der Waals surface area contributed by atoms with Gasteiger partial charge in [-0.3, -0.25) is 9.69 Å². The number of carbonyl (C=O) groups is 2. The third-order valence-electron chi connectivity index (χ3n) is 6.51. The van der Waals surface area contributed by atoms with Gasteiger partial charge in [-0.25, -0.2) is 4.79 Å². The van der Waals surface area contributed by atoms with E-state index in [-0.39, 0.29) is 24.5 Å². The minimum Gasteiger partial charge on any atom is -0.493 e. The van der Waals surface area contributed by atoms with E-state index in [0.29, 0.717) is 31.0 Å². The summed E-state index contributed by atoms with van der Waals surface area (Å²) in [5.41, 5.74) is 4.92. The number of nitrogens with zero attached hydrogens (tertiary/aromatic N) is 2. The molecule has 1 unspecified atom stereocenters. The van der Waals surface area contributed by atoms with Crippen LogP contribution in [0.3, 0.4) is 0 Å². The molecule has 5 rings (SSSR count). The lowest BCUT2D eigenvalue weighted by Crippen LogP contribution is -2.54. The van der Waals surface area contributed by atoms with Gasteiger partial charge in [-0.1, -0.05) is 48.5 Å². The second-order valence-electron chi connectivity index (χ2n) is 8.44. The molecule has 0 bridgehead atoms. The number of hydrogen-bond donors (Lipinski definition) is 1. The third-order valence-corrected chi connectivity index (χ3v) is 6.51. The number of para-hydroxylation sites is 1. The van der Waals surface area contributed by atoms with Gasteiger partial charge >= 0.3 is 6.03 Å². The maximum atomic E-state index is 13.6. The van der Waals surface area contributed by atoms with Gasteiger partial charge in [0.25, 0.3) is 0 Å². The Morgan fingerprint density at radius 3 is 2.44 bits per heavy atom. The van der Waals surface area contributed by atoms with Crippen molar-refractivity contribution in [3.8, 4) is 11.5 Å². The number of methoxy groups -OCH3 is 2. The molecule has 0 radical (unpaired) electrons. The van der Waals surface area contributed by atoms with Crippen molar-refractivity contribution in [2.45, 2.75) is 19.0 Å². The second-order valence-corrected chi connectivity index (χ2v) is 8.44. The predicted molar refractivity (Wildman–Crippen MR) is 129 cm³/mol. The van der Waals surface area contributed by atoms with Gasteiger partial charge in [-0.05, 0) is 41.3 Å². The van der Waals surface area contributed by atoms with Crippen LogP contribution in [-0.4, -0.2) is 44.1 Å². The number of carbonyl (C=O) groups excluding carboxylic acids is 2. The van der Waals surface area contributed by atoms with Crippen LogP contribution in [0, 0.1) is 0 Å². The minimum atomic E-state index is -0.240. The highest BCUT2D eigenvalue weighted by Gasteiger charge is 2.42. The molecule has 34 heavy (non-hydrogen) atoms. The van der Waals surface area contributed by atoms with Crippen LogP contribution in [0.15, 0.2) is 66.7 Å². The fraction of sp³-hybridized carbons (Fsp3) is 0.259. The minimum absolute atomic E-state index is 0.0370. The summed E-state index contributed by atoms with van der Waals surface area (Å²) in [7, 11) is 3.24. The Labute approximate surface area is 198 Å². The Bertz CT molecular complexity index is 1230. The van der Waals surface area contributed by atoms with Gasteiger partial charge in [0.05, 0.1) is 25.9 Å². The monoisotopic (exact) mass is 457 g/mol. The summed E-state index contributed by atoms with van der Waals surface area (Å²) in [6, 6.07) is 21.1. The first-order chi connectivity index (χ1) is 16.6. The molecule has 2 aliphatic heterocycles. The van der Waals surface area contributed by atoms with Crippen LogP contribution in [-0.2, 0) is 17.8 Å². The number of amides is 3. The van der Waals surface area contributed by atoms with Crippen LogP contribution in [0.2, 0.25) is 0 Å². The average molecular weight is 458 g/mol. The molecule has 7 nitrogen and oxygen atoms in total. The Hall–Kier alpha value is -4.00. The molecule has 0 saturated carbocycles. The number of benzene rings is 3. The lowest BCUT2D eigenvalue weighted by Gasteiger charge is -2.45.